The highest BCUT2D eigenvalue weighted by Gasteiger charge is 2.00. The van der Waals surface area contributed by atoms with Gasteiger partial charge in [0.1, 0.15) is 0 Å². The fourth-order valence-corrected chi connectivity index (χ4v) is 1.13. The second-order valence-corrected chi connectivity index (χ2v) is 2.57. The highest BCUT2D eigenvalue weighted by atomic mass is 16.4. The molecular weight excluding hydrogens is 126 g/mol. The molecule has 0 aliphatic heterocycles. The van der Waals surface area contributed by atoms with E-state index in [0.29, 0.717) is 0 Å². The molecule has 2 heteroatoms. The van der Waals surface area contributed by atoms with Crippen molar-refractivity contribution in [2.24, 2.45) is 5.16 Å². The summed E-state index contributed by atoms with van der Waals surface area (Å²) in [5, 5.41) is 11.7. The van der Waals surface area contributed by atoms with Gasteiger partial charge in [0.15, 0.2) is 0 Å². The van der Waals surface area contributed by atoms with Gasteiger partial charge in [-0.2, -0.15) is 0 Å². The van der Waals surface area contributed by atoms with Crippen LogP contribution in [-0.4, -0.2) is 10.9 Å². The fourth-order valence-electron chi connectivity index (χ4n) is 1.13. The number of hydrogen-bond donors (Lipinski definition) is 1. The third-order valence-electron chi connectivity index (χ3n) is 1.74. The molecule has 0 radical (unpaired) electrons. The molecule has 1 rings (SSSR count). The molecular formula is C8H13NO. The minimum Gasteiger partial charge on any atom is -0.411 e. The number of allylic oxidation sites excluding steroid dienone is 2. The second-order valence-electron chi connectivity index (χ2n) is 2.57. The molecule has 0 fully saturated rings. The molecule has 0 saturated heterocycles. The average Bonchev–Trinajstić information content (AvgIpc) is 1.87. The Morgan fingerprint density at radius 3 is 2.80 bits per heavy atom. The van der Waals surface area contributed by atoms with Gasteiger partial charge in [-0.25, -0.2) is 0 Å². The van der Waals surface area contributed by atoms with E-state index in [0.717, 1.165) is 37.8 Å². The van der Waals surface area contributed by atoms with Crippen LogP contribution in [0.2, 0.25) is 0 Å². The molecule has 0 heterocycles. The normalized spacial score (nSPS) is 27.4. The number of rotatable bonds is 0. The zero-order chi connectivity index (χ0) is 7.23. The van der Waals surface area contributed by atoms with Crippen molar-refractivity contribution >= 4 is 5.71 Å². The summed E-state index contributed by atoms with van der Waals surface area (Å²) in [5.74, 6) is 0. The van der Waals surface area contributed by atoms with Crippen LogP contribution in [-0.2, 0) is 0 Å². The van der Waals surface area contributed by atoms with Gasteiger partial charge in [-0.1, -0.05) is 17.3 Å². The molecule has 1 aliphatic carbocycles. The van der Waals surface area contributed by atoms with Gasteiger partial charge in [0.05, 0.1) is 5.71 Å². The first kappa shape index (κ1) is 7.32. The predicted molar refractivity (Wildman–Crippen MR) is 41.4 cm³/mol. The zero-order valence-electron chi connectivity index (χ0n) is 6.08. The van der Waals surface area contributed by atoms with Crippen molar-refractivity contribution in [2.45, 2.75) is 32.1 Å². The molecule has 0 amide bonds. The van der Waals surface area contributed by atoms with Crippen LogP contribution in [0.15, 0.2) is 17.3 Å². The van der Waals surface area contributed by atoms with Crippen LogP contribution >= 0.6 is 0 Å². The largest absolute Gasteiger partial charge is 0.411 e. The monoisotopic (exact) mass is 139 g/mol. The summed E-state index contributed by atoms with van der Waals surface area (Å²) in [6.07, 6.45) is 9.51. The molecule has 0 saturated carbocycles. The Hall–Kier alpha value is -0.790. The van der Waals surface area contributed by atoms with Crippen LogP contribution in [0, 0.1) is 0 Å². The topological polar surface area (TPSA) is 32.6 Å². The summed E-state index contributed by atoms with van der Waals surface area (Å²) in [6.45, 7) is 0. The first-order valence-electron chi connectivity index (χ1n) is 3.78. The van der Waals surface area contributed by atoms with Gasteiger partial charge in [-0.3, -0.25) is 0 Å². The summed E-state index contributed by atoms with van der Waals surface area (Å²) in [4.78, 5) is 0. The maximum atomic E-state index is 8.47. The fraction of sp³-hybridized carbons (Fsp3) is 0.625. The van der Waals surface area contributed by atoms with Gasteiger partial charge < -0.3 is 5.21 Å². The lowest BCUT2D eigenvalue weighted by molar-refractivity contribution is 0.316. The van der Waals surface area contributed by atoms with Crippen LogP contribution in [0.5, 0.6) is 0 Å². The van der Waals surface area contributed by atoms with Gasteiger partial charge >= 0.3 is 0 Å². The summed E-state index contributed by atoms with van der Waals surface area (Å²) >= 11 is 0. The summed E-state index contributed by atoms with van der Waals surface area (Å²) in [5.41, 5.74) is 0.948. The number of nitrogens with zero attached hydrogens (tertiary/aromatic N) is 1. The predicted octanol–water partition coefficient (Wildman–Crippen LogP) is 2.34. The van der Waals surface area contributed by atoms with Crippen molar-refractivity contribution in [3.63, 3.8) is 0 Å². The smallest absolute Gasteiger partial charge is 0.0574 e. The molecule has 0 bridgehead atoms. The van der Waals surface area contributed by atoms with Crippen molar-refractivity contribution in [2.75, 3.05) is 0 Å². The van der Waals surface area contributed by atoms with Crippen LogP contribution in [0.25, 0.3) is 0 Å². The molecule has 2 nitrogen and oxygen atoms in total. The van der Waals surface area contributed by atoms with E-state index in [4.69, 9.17) is 5.21 Å². The molecule has 10 heavy (non-hydrogen) atoms. The van der Waals surface area contributed by atoms with Gasteiger partial charge in [-0.15, -0.1) is 0 Å². The van der Waals surface area contributed by atoms with Gasteiger partial charge in [0, 0.05) is 0 Å². The number of hydrogen-bond acceptors (Lipinski definition) is 2. The molecule has 0 aromatic rings. The van der Waals surface area contributed by atoms with Crippen LogP contribution in [0.4, 0.5) is 0 Å². The van der Waals surface area contributed by atoms with E-state index in [1.54, 1.807) is 0 Å². The van der Waals surface area contributed by atoms with E-state index in [2.05, 4.69) is 17.3 Å². The van der Waals surface area contributed by atoms with Crippen molar-refractivity contribution in [1.29, 1.82) is 0 Å². The first-order chi connectivity index (χ1) is 4.93. The van der Waals surface area contributed by atoms with Crippen molar-refractivity contribution in [1.82, 2.24) is 0 Å². The maximum Gasteiger partial charge on any atom is 0.0574 e. The molecule has 0 spiro atoms. The Morgan fingerprint density at radius 1 is 1.20 bits per heavy atom. The molecule has 1 aliphatic rings. The number of oxime groups is 1. The highest BCUT2D eigenvalue weighted by Crippen LogP contribution is 2.08. The lowest BCUT2D eigenvalue weighted by atomic mass is 10.0. The van der Waals surface area contributed by atoms with Crippen LogP contribution in [0.1, 0.15) is 32.1 Å². The first-order valence-corrected chi connectivity index (χ1v) is 3.78. The van der Waals surface area contributed by atoms with Gasteiger partial charge in [-0.05, 0) is 32.1 Å². The SMILES string of the molecule is O/N=C1\CC/C=C\CCC1. The average molecular weight is 139 g/mol. The minimum atomic E-state index is 0.924. The van der Waals surface area contributed by atoms with Gasteiger partial charge in [0.2, 0.25) is 0 Å². The second kappa shape index (κ2) is 4.09. The highest BCUT2D eigenvalue weighted by molar-refractivity contribution is 5.84. The molecule has 1 N–H and O–H groups in total. The van der Waals surface area contributed by atoms with Gasteiger partial charge in [0.25, 0.3) is 0 Å². The van der Waals surface area contributed by atoms with E-state index in [9.17, 15) is 0 Å². The Balaban J connectivity index is 2.42. The van der Waals surface area contributed by atoms with E-state index in [1.807, 2.05) is 0 Å². The zero-order valence-corrected chi connectivity index (χ0v) is 6.08. The standard InChI is InChI=1S/C8H13NO/c10-9-8-6-4-2-1-3-5-7-8/h1-2,10H,3-7H2/b2-1-,9-8+. The third-order valence-corrected chi connectivity index (χ3v) is 1.74. The van der Waals surface area contributed by atoms with Crippen molar-refractivity contribution < 1.29 is 5.21 Å². The lowest BCUT2D eigenvalue weighted by Gasteiger charge is -2.03. The van der Waals surface area contributed by atoms with E-state index < -0.39 is 0 Å². The van der Waals surface area contributed by atoms with Crippen molar-refractivity contribution in [3.05, 3.63) is 12.2 Å². The Morgan fingerprint density at radius 2 is 2.00 bits per heavy atom. The quantitative estimate of drug-likeness (QED) is 0.312. The molecule has 0 aromatic carbocycles. The Kier molecular flexibility index (Phi) is 3.00. The summed E-state index contributed by atoms with van der Waals surface area (Å²) in [7, 11) is 0. The van der Waals surface area contributed by atoms with E-state index >= 15 is 0 Å². The maximum absolute atomic E-state index is 8.47. The summed E-state index contributed by atoms with van der Waals surface area (Å²) in [6, 6.07) is 0. The van der Waals surface area contributed by atoms with Crippen molar-refractivity contribution in [3.8, 4) is 0 Å². The minimum absolute atomic E-state index is 0.924. The Bertz CT molecular complexity index is 149. The van der Waals surface area contributed by atoms with Crippen LogP contribution < -0.4 is 0 Å². The van der Waals surface area contributed by atoms with E-state index in [-0.39, 0.29) is 0 Å². The Labute approximate surface area is 61.2 Å². The molecule has 0 unspecified atom stereocenters. The van der Waals surface area contributed by atoms with E-state index in [1.165, 1.54) is 0 Å². The van der Waals surface area contributed by atoms with Crippen LogP contribution in [0.3, 0.4) is 0 Å². The molecule has 56 valence electrons. The lowest BCUT2D eigenvalue weighted by Crippen LogP contribution is -1.99. The molecule has 0 atom stereocenters. The third kappa shape index (κ3) is 2.21. The summed E-state index contributed by atoms with van der Waals surface area (Å²) < 4.78 is 0. The molecule has 0 aromatic heterocycles.